The summed E-state index contributed by atoms with van der Waals surface area (Å²) < 4.78 is 0. The largest absolute Gasteiger partial charge is 0.508 e. The van der Waals surface area contributed by atoms with Crippen LogP contribution in [-0.4, -0.2) is 20.9 Å². The van der Waals surface area contributed by atoms with Crippen molar-refractivity contribution in [3.63, 3.8) is 0 Å². The SMILES string of the molecule is CC(C)(C)CC(=O)/C(=C/C1=CC=CC1)Nc1ncc(-c2cc(O)ccc2Cl)nc1Cc1ccccc1. The number of hydrogen-bond acceptors (Lipinski definition) is 5. The lowest BCUT2D eigenvalue weighted by atomic mass is 9.88. The van der Waals surface area contributed by atoms with Crippen LogP contribution in [0.15, 0.2) is 90.3 Å². The smallest absolute Gasteiger partial charge is 0.179 e. The van der Waals surface area contributed by atoms with E-state index in [1.165, 1.54) is 6.07 Å². The molecule has 1 aromatic heterocycles. The molecule has 1 aliphatic rings. The van der Waals surface area contributed by atoms with Gasteiger partial charge in [0.15, 0.2) is 11.6 Å². The van der Waals surface area contributed by atoms with Crippen LogP contribution in [0.4, 0.5) is 5.82 Å². The van der Waals surface area contributed by atoms with E-state index in [4.69, 9.17) is 16.6 Å². The number of phenolic OH excluding ortho intramolecular Hbond substituents is 1. The van der Waals surface area contributed by atoms with Crippen LogP contribution in [0.1, 0.15) is 44.9 Å². The molecule has 0 unspecified atom stereocenters. The number of nitrogens with one attached hydrogen (secondary N) is 1. The molecule has 0 radical (unpaired) electrons. The van der Waals surface area contributed by atoms with Crippen LogP contribution in [-0.2, 0) is 11.2 Å². The number of ketones is 1. The number of aromatic nitrogens is 2. The third kappa shape index (κ3) is 6.70. The summed E-state index contributed by atoms with van der Waals surface area (Å²) in [5.41, 5.74) is 4.25. The number of benzene rings is 2. The van der Waals surface area contributed by atoms with Crippen molar-refractivity contribution in [2.45, 2.75) is 40.0 Å². The molecule has 0 saturated heterocycles. The lowest BCUT2D eigenvalue weighted by molar-refractivity contribution is -0.117. The molecule has 5 nitrogen and oxygen atoms in total. The number of anilines is 1. The van der Waals surface area contributed by atoms with Crippen molar-refractivity contribution in [2.75, 3.05) is 5.32 Å². The first kappa shape index (κ1) is 25.4. The van der Waals surface area contributed by atoms with Crippen LogP contribution in [0.5, 0.6) is 5.75 Å². The molecule has 2 aromatic carbocycles. The van der Waals surface area contributed by atoms with Crippen LogP contribution in [0.3, 0.4) is 0 Å². The molecule has 2 N–H and O–H groups in total. The zero-order valence-corrected chi connectivity index (χ0v) is 21.5. The Kier molecular flexibility index (Phi) is 7.70. The highest BCUT2D eigenvalue weighted by Gasteiger charge is 2.22. The molecule has 0 fully saturated rings. The Balaban J connectivity index is 1.75. The van der Waals surface area contributed by atoms with Crippen molar-refractivity contribution in [3.8, 4) is 17.0 Å². The van der Waals surface area contributed by atoms with Gasteiger partial charge in [-0.25, -0.2) is 9.97 Å². The number of nitrogens with zero attached hydrogens (tertiary/aromatic N) is 2. The molecule has 0 bridgehead atoms. The Bertz CT molecular complexity index is 1350. The maximum Gasteiger partial charge on any atom is 0.179 e. The number of halogens is 1. The van der Waals surface area contributed by atoms with Gasteiger partial charge in [0.2, 0.25) is 0 Å². The van der Waals surface area contributed by atoms with Crippen LogP contribution in [0, 0.1) is 5.41 Å². The summed E-state index contributed by atoms with van der Waals surface area (Å²) in [6, 6.07) is 14.7. The van der Waals surface area contributed by atoms with Crippen LogP contribution in [0.2, 0.25) is 5.02 Å². The topological polar surface area (TPSA) is 75.1 Å². The molecular weight excluding hydrogens is 470 g/mol. The minimum absolute atomic E-state index is 0.0165. The van der Waals surface area contributed by atoms with E-state index in [1.54, 1.807) is 18.3 Å². The maximum absolute atomic E-state index is 13.3. The van der Waals surface area contributed by atoms with Gasteiger partial charge in [-0.2, -0.15) is 0 Å². The van der Waals surface area contributed by atoms with E-state index in [0.717, 1.165) is 17.6 Å². The fourth-order valence-electron chi connectivity index (χ4n) is 3.93. The fourth-order valence-corrected chi connectivity index (χ4v) is 4.14. The standard InChI is InChI=1S/C30H30ClN3O2/c1-30(2,3)18-28(36)25(15-20-11-7-8-12-20)34-29-26(16-21-9-5-4-6-10-21)33-27(19-32-29)23-17-22(35)13-14-24(23)31/h4-11,13-15,17,19,35H,12,16,18H2,1-3H3,(H,32,34)/b25-15-. The Morgan fingerprint density at radius 2 is 1.94 bits per heavy atom. The average Bonchev–Trinajstić information content (AvgIpc) is 3.34. The quantitative estimate of drug-likeness (QED) is 0.318. The zero-order chi connectivity index (χ0) is 25.7. The van der Waals surface area contributed by atoms with Crippen LogP contribution < -0.4 is 5.32 Å². The summed E-state index contributed by atoms with van der Waals surface area (Å²) in [6.07, 6.45) is 11.3. The van der Waals surface area contributed by atoms with E-state index in [2.05, 4.69) is 16.4 Å². The minimum atomic E-state index is -0.158. The van der Waals surface area contributed by atoms with Crippen LogP contribution in [0.25, 0.3) is 11.3 Å². The Morgan fingerprint density at radius 1 is 1.17 bits per heavy atom. The van der Waals surface area contributed by atoms with Crippen molar-refractivity contribution in [3.05, 3.63) is 107 Å². The van der Waals surface area contributed by atoms with Gasteiger partial charge in [-0.3, -0.25) is 4.79 Å². The van der Waals surface area contributed by atoms with E-state index < -0.39 is 0 Å². The number of carbonyl (C=O) groups excluding carboxylic acids is 1. The number of allylic oxidation sites excluding steroid dienone is 6. The highest BCUT2D eigenvalue weighted by Crippen LogP contribution is 2.31. The molecule has 1 heterocycles. The van der Waals surface area contributed by atoms with E-state index in [9.17, 15) is 9.90 Å². The number of aromatic hydroxyl groups is 1. The molecule has 0 aliphatic heterocycles. The zero-order valence-electron chi connectivity index (χ0n) is 20.8. The van der Waals surface area contributed by atoms with Gasteiger partial charge < -0.3 is 10.4 Å². The number of carbonyl (C=O) groups is 1. The third-order valence-electron chi connectivity index (χ3n) is 5.66. The monoisotopic (exact) mass is 499 g/mol. The highest BCUT2D eigenvalue weighted by atomic mass is 35.5. The molecule has 0 atom stereocenters. The molecule has 6 heteroatoms. The van der Waals surface area contributed by atoms with Gasteiger partial charge in [0.05, 0.1) is 28.3 Å². The third-order valence-corrected chi connectivity index (χ3v) is 5.99. The molecule has 4 rings (SSSR count). The van der Waals surface area contributed by atoms with Gasteiger partial charge in [-0.1, -0.05) is 80.9 Å². The fraction of sp³-hybridized carbons (Fsp3) is 0.233. The first-order chi connectivity index (χ1) is 17.2. The van der Waals surface area contributed by atoms with Crippen LogP contribution >= 0.6 is 11.6 Å². The summed E-state index contributed by atoms with van der Waals surface area (Å²) in [6.45, 7) is 6.15. The molecule has 3 aromatic rings. The van der Waals surface area contributed by atoms with Gasteiger partial charge >= 0.3 is 0 Å². The van der Waals surface area contributed by atoms with Gasteiger partial charge in [-0.05, 0) is 47.2 Å². The Hall–Kier alpha value is -3.70. The average molecular weight is 500 g/mol. The highest BCUT2D eigenvalue weighted by molar-refractivity contribution is 6.33. The Labute approximate surface area is 217 Å². The summed E-state index contributed by atoms with van der Waals surface area (Å²) >= 11 is 6.41. The first-order valence-corrected chi connectivity index (χ1v) is 12.3. The maximum atomic E-state index is 13.3. The van der Waals surface area contributed by atoms with E-state index >= 15 is 0 Å². The van der Waals surface area contributed by atoms with E-state index in [1.807, 2.05) is 69.3 Å². The normalized spacial score (nSPS) is 13.6. The first-order valence-electron chi connectivity index (χ1n) is 11.9. The lowest BCUT2D eigenvalue weighted by Crippen LogP contribution is -2.20. The second-order valence-electron chi connectivity index (χ2n) is 10.1. The van der Waals surface area contributed by atoms with Crippen molar-refractivity contribution < 1.29 is 9.90 Å². The molecule has 184 valence electrons. The second kappa shape index (κ2) is 10.9. The minimum Gasteiger partial charge on any atom is -0.508 e. The second-order valence-corrected chi connectivity index (χ2v) is 10.5. The molecule has 0 saturated carbocycles. The Morgan fingerprint density at radius 3 is 2.64 bits per heavy atom. The number of hydrogen-bond donors (Lipinski definition) is 2. The number of Topliss-reactive ketones (excluding diaryl/α,β-unsaturated/α-hetero) is 1. The molecule has 0 spiro atoms. The summed E-state index contributed by atoms with van der Waals surface area (Å²) in [5, 5.41) is 13.8. The lowest BCUT2D eigenvalue weighted by Gasteiger charge is -2.20. The van der Waals surface area contributed by atoms with Gasteiger partial charge in [0, 0.05) is 18.4 Å². The summed E-state index contributed by atoms with van der Waals surface area (Å²) in [4.78, 5) is 22.9. The molecular formula is C30H30ClN3O2. The predicted octanol–water partition coefficient (Wildman–Crippen LogP) is 7.28. The summed E-state index contributed by atoms with van der Waals surface area (Å²) in [7, 11) is 0. The molecule has 1 aliphatic carbocycles. The number of phenols is 1. The predicted molar refractivity (Wildman–Crippen MR) is 146 cm³/mol. The van der Waals surface area contributed by atoms with E-state index in [-0.39, 0.29) is 16.9 Å². The summed E-state index contributed by atoms with van der Waals surface area (Å²) in [5.74, 6) is 0.626. The van der Waals surface area contributed by atoms with Gasteiger partial charge in [0.25, 0.3) is 0 Å². The van der Waals surface area contributed by atoms with Crippen molar-refractivity contribution in [2.24, 2.45) is 5.41 Å². The van der Waals surface area contributed by atoms with Crippen molar-refractivity contribution in [1.29, 1.82) is 0 Å². The van der Waals surface area contributed by atoms with Gasteiger partial charge in [-0.15, -0.1) is 0 Å². The van der Waals surface area contributed by atoms with E-state index in [0.29, 0.717) is 46.3 Å². The van der Waals surface area contributed by atoms with Gasteiger partial charge in [0.1, 0.15) is 5.75 Å². The molecule has 0 amide bonds. The van der Waals surface area contributed by atoms with Crippen molar-refractivity contribution in [1.82, 2.24) is 9.97 Å². The van der Waals surface area contributed by atoms with Crippen molar-refractivity contribution >= 4 is 23.2 Å². The number of rotatable bonds is 8. The molecule has 36 heavy (non-hydrogen) atoms.